The lowest BCUT2D eigenvalue weighted by molar-refractivity contribution is -0.137. The molecule has 2 heterocycles. The van der Waals surface area contributed by atoms with E-state index in [1.165, 1.54) is 23.1 Å². The van der Waals surface area contributed by atoms with Crippen LogP contribution in [0.15, 0.2) is 60.1 Å². The maximum atomic E-state index is 13.3. The number of alkyl halides is 3. The minimum atomic E-state index is -4.44. The van der Waals surface area contributed by atoms with Crippen LogP contribution in [-0.4, -0.2) is 20.7 Å². The summed E-state index contributed by atoms with van der Waals surface area (Å²) < 4.78 is 40.5. The molecule has 0 bridgehead atoms. The Hall–Kier alpha value is -3.62. The zero-order chi connectivity index (χ0) is 22.3. The number of allylic oxidation sites excluding steroid dienone is 1. The summed E-state index contributed by atoms with van der Waals surface area (Å²) >= 11 is 0. The van der Waals surface area contributed by atoms with E-state index in [4.69, 9.17) is 0 Å². The lowest BCUT2D eigenvalue weighted by atomic mass is 9.94. The Kier molecular flexibility index (Phi) is 5.04. The summed E-state index contributed by atoms with van der Waals surface area (Å²) in [5.41, 5.74) is 3.26. The van der Waals surface area contributed by atoms with Gasteiger partial charge in [0.2, 0.25) is 5.95 Å². The van der Waals surface area contributed by atoms with E-state index in [0.717, 1.165) is 23.3 Å². The van der Waals surface area contributed by atoms with Gasteiger partial charge in [0.25, 0.3) is 5.91 Å². The highest BCUT2D eigenvalue weighted by Gasteiger charge is 2.35. The predicted octanol–water partition coefficient (Wildman–Crippen LogP) is 4.84. The van der Waals surface area contributed by atoms with Gasteiger partial charge in [-0.15, -0.1) is 0 Å². The second-order valence-corrected chi connectivity index (χ2v) is 7.49. The number of hydrogen-bond donors (Lipinski definition) is 2. The molecule has 0 saturated carbocycles. The van der Waals surface area contributed by atoms with Gasteiger partial charge in [-0.1, -0.05) is 29.8 Å². The number of halogens is 3. The summed E-state index contributed by atoms with van der Waals surface area (Å²) in [5.74, 6) is 0.0356. The van der Waals surface area contributed by atoms with Crippen LogP contribution in [0.4, 0.5) is 24.8 Å². The van der Waals surface area contributed by atoms with Gasteiger partial charge in [-0.05, 0) is 50.1 Å². The number of aromatic nitrogens is 3. The number of aryl methyl sites for hydroxylation is 2. The predicted molar refractivity (Wildman–Crippen MR) is 110 cm³/mol. The van der Waals surface area contributed by atoms with Crippen LogP contribution in [0.1, 0.15) is 35.2 Å². The molecule has 1 unspecified atom stereocenters. The molecule has 1 amide bonds. The van der Waals surface area contributed by atoms with Crippen molar-refractivity contribution in [3.05, 3.63) is 82.3 Å². The third kappa shape index (κ3) is 3.90. The van der Waals surface area contributed by atoms with Gasteiger partial charge in [-0.25, -0.2) is 4.68 Å². The highest BCUT2D eigenvalue weighted by Crippen LogP contribution is 2.37. The number of benzene rings is 2. The maximum absolute atomic E-state index is 13.3. The van der Waals surface area contributed by atoms with Crippen molar-refractivity contribution in [2.24, 2.45) is 0 Å². The van der Waals surface area contributed by atoms with Crippen LogP contribution in [0.25, 0.3) is 0 Å². The highest BCUT2D eigenvalue weighted by molar-refractivity contribution is 6.06. The van der Waals surface area contributed by atoms with Crippen LogP contribution in [0.5, 0.6) is 0 Å². The van der Waals surface area contributed by atoms with Crippen molar-refractivity contribution in [1.29, 1.82) is 0 Å². The molecule has 0 saturated heterocycles. The van der Waals surface area contributed by atoms with E-state index in [2.05, 4.69) is 20.7 Å². The zero-order valence-electron chi connectivity index (χ0n) is 17.1. The van der Waals surface area contributed by atoms with E-state index in [9.17, 15) is 18.0 Å². The molecule has 160 valence electrons. The van der Waals surface area contributed by atoms with Crippen LogP contribution >= 0.6 is 0 Å². The van der Waals surface area contributed by atoms with Crippen LogP contribution in [0.2, 0.25) is 0 Å². The van der Waals surface area contributed by atoms with Crippen molar-refractivity contribution in [1.82, 2.24) is 14.8 Å². The van der Waals surface area contributed by atoms with Crippen molar-refractivity contribution < 1.29 is 18.0 Å². The molecular formula is C22H20F3N5O. The molecule has 31 heavy (non-hydrogen) atoms. The van der Waals surface area contributed by atoms with E-state index in [0.29, 0.717) is 28.5 Å². The molecule has 1 aromatic heterocycles. The fourth-order valence-corrected chi connectivity index (χ4v) is 3.69. The van der Waals surface area contributed by atoms with E-state index in [-0.39, 0.29) is 5.91 Å². The summed E-state index contributed by atoms with van der Waals surface area (Å²) in [6.07, 6.45) is -3.11. The van der Waals surface area contributed by atoms with Gasteiger partial charge < -0.3 is 10.6 Å². The van der Waals surface area contributed by atoms with Gasteiger partial charge in [0.15, 0.2) is 0 Å². The fourth-order valence-electron chi connectivity index (χ4n) is 3.69. The number of carbonyl (C=O) groups is 1. The molecule has 0 aliphatic carbocycles. The second-order valence-electron chi connectivity index (χ2n) is 7.49. The Morgan fingerprint density at radius 2 is 1.81 bits per heavy atom. The third-order valence-corrected chi connectivity index (χ3v) is 5.22. The molecule has 6 nitrogen and oxygen atoms in total. The van der Waals surface area contributed by atoms with Gasteiger partial charge in [-0.3, -0.25) is 4.79 Å². The first-order valence-corrected chi connectivity index (χ1v) is 9.58. The normalized spacial score (nSPS) is 16.0. The molecule has 9 heteroatoms. The molecule has 1 aliphatic rings. The van der Waals surface area contributed by atoms with Crippen LogP contribution in [-0.2, 0) is 11.0 Å². The van der Waals surface area contributed by atoms with E-state index < -0.39 is 17.8 Å². The number of rotatable bonds is 3. The van der Waals surface area contributed by atoms with Crippen LogP contribution in [0.3, 0.4) is 0 Å². The molecule has 2 N–H and O–H groups in total. The Morgan fingerprint density at radius 3 is 2.45 bits per heavy atom. The van der Waals surface area contributed by atoms with Gasteiger partial charge in [0.05, 0.1) is 11.1 Å². The number of anilines is 2. The largest absolute Gasteiger partial charge is 0.416 e. The number of nitrogens with one attached hydrogen (secondary N) is 2. The van der Waals surface area contributed by atoms with Crippen molar-refractivity contribution in [3.8, 4) is 0 Å². The molecule has 0 radical (unpaired) electrons. The minimum Gasteiger partial charge on any atom is -0.328 e. The van der Waals surface area contributed by atoms with Crippen molar-refractivity contribution >= 4 is 17.5 Å². The lowest BCUT2D eigenvalue weighted by Gasteiger charge is -2.29. The van der Waals surface area contributed by atoms with E-state index in [1.54, 1.807) is 6.92 Å². The second kappa shape index (κ2) is 7.57. The smallest absolute Gasteiger partial charge is 0.328 e. The molecule has 0 spiro atoms. The Morgan fingerprint density at radius 1 is 1.10 bits per heavy atom. The molecule has 0 fully saturated rings. The first-order valence-electron chi connectivity index (χ1n) is 9.58. The Labute approximate surface area is 176 Å². The topological polar surface area (TPSA) is 71.8 Å². The quantitative estimate of drug-likeness (QED) is 0.627. The number of carbonyl (C=O) groups excluding carboxylic acids is 1. The highest BCUT2D eigenvalue weighted by atomic mass is 19.4. The molecule has 4 rings (SSSR count). The molecule has 2 aromatic carbocycles. The first-order chi connectivity index (χ1) is 14.6. The summed E-state index contributed by atoms with van der Waals surface area (Å²) in [4.78, 5) is 17.4. The first kappa shape index (κ1) is 20.6. The van der Waals surface area contributed by atoms with Crippen molar-refractivity contribution in [3.63, 3.8) is 0 Å². The Bertz CT molecular complexity index is 1180. The minimum absolute atomic E-state index is 0.345. The van der Waals surface area contributed by atoms with E-state index in [1.807, 2.05) is 32.0 Å². The maximum Gasteiger partial charge on any atom is 0.416 e. The number of amides is 1. The average molecular weight is 427 g/mol. The van der Waals surface area contributed by atoms with E-state index >= 15 is 0 Å². The number of nitrogens with zero attached hydrogens (tertiary/aromatic N) is 3. The van der Waals surface area contributed by atoms with Gasteiger partial charge >= 0.3 is 6.18 Å². The van der Waals surface area contributed by atoms with Gasteiger partial charge in [0, 0.05) is 11.4 Å². The SMILES string of the molecule is CC1=C(C(=O)Nc2ccc(C)cc2C)C(c2ccc(C(F)(F)F)cc2)n2ncnc2N1. The fraction of sp³-hybridized carbons (Fsp3) is 0.227. The molecule has 1 atom stereocenters. The summed E-state index contributed by atoms with van der Waals surface area (Å²) in [6.45, 7) is 5.58. The van der Waals surface area contributed by atoms with Crippen molar-refractivity contribution in [2.45, 2.75) is 33.0 Å². The number of hydrogen-bond acceptors (Lipinski definition) is 4. The summed E-state index contributed by atoms with van der Waals surface area (Å²) in [7, 11) is 0. The zero-order valence-corrected chi connectivity index (χ0v) is 17.1. The molecule has 1 aliphatic heterocycles. The summed E-state index contributed by atoms with van der Waals surface area (Å²) in [5, 5.41) is 10.2. The standard InChI is InChI=1S/C22H20F3N5O/c1-12-4-9-17(13(2)10-12)29-20(31)18-14(3)28-21-26-11-27-30(21)19(18)15-5-7-16(8-6-15)22(23,24)25/h4-11,19H,1-3H3,(H,29,31)(H,26,27,28). The third-order valence-electron chi connectivity index (χ3n) is 5.22. The van der Waals surface area contributed by atoms with Gasteiger partial charge in [0.1, 0.15) is 12.4 Å². The lowest BCUT2D eigenvalue weighted by Crippen LogP contribution is -2.31. The van der Waals surface area contributed by atoms with Crippen LogP contribution < -0.4 is 10.6 Å². The monoisotopic (exact) mass is 427 g/mol. The average Bonchev–Trinajstić information content (AvgIpc) is 3.16. The number of fused-ring (bicyclic) bond motifs is 1. The molecular weight excluding hydrogens is 407 g/mol. The summed E-state index contributed by atoms with van der Waals surface area (Å²) in [6, 6.07) is 9.68. The van der Waals surface area contributed by atoms with Crippen LogP contribution in [0, 0.1) is 13.8 Å². The molecule has 3 aromatic rings. The van der Waals surface area contributed by atoms with Crippen molar-refractivity contribution in [2.75, 3.05) is 10.6 Å². The Balaban J connectivity index is 1.75. The van der Waals surface area contributed by atoms with Gasteiger partial charge in [-0.2, -0.15) is 23.3 Å².